The monoisotopic (exact) mass is 534 g/mol. The Morgan fingerprint density at radius 2 is 1.15 bits per heavy atom. The molecule has 0 spiro atoms. The van der Waals surface area contributed by atoms with Gasteiger partial charge in [0.05, 0.1) is 5.39 Å². The average Bonchev–Trinajstić information content (AvgIpc) is 2.90. The molecule has 0 aliphatic heterocycles. The van der Waals surface area contributed by atoms with Gasteiger partial charge in [0, 0.05) is 41.5 Å². The van der Waals surface area contributed by atoms with Crippen LogP contribution in [0.4, 0.5) is 0 Å². The summed E-state index contributed by atoms with van der Waals surface area (Å²) in [5.41, 5.74) is 0.899. The Hall–Kier alpha value is -5.64. The summed E-state index contributed by atoms with van der Waals surface area (Å²) < 4.78 is 17.6. The number of benzene rings is 4. The molecule has 0 bridgehead atoms. The van der Waals surface area contributed by atoms with Crippen molar-refractivity contribution >= 4 is 35.2 Å². The molecule has 196 valence electrons. The smallest absolute Gasteiger partial charge is 0.197 e. The van der Waals surface area contributed by atoms with Crippen LogP contribution in [0.3, 0.4) is 0 Å². The molecule has 0 atom stereocenters. The van der Waals surface area contributed by atoms with E-state index in [4.69, 9.17) is 13.6 Å². The van der Waals surface area contributed by atoms with Crippen LogP contribution in [-0.4, -0.2) is 28.3 Å². The van der Waals surface area contributed by atoms with Gasteiger partial charge in [0.15, 0.2) is 22.4 Å². The number of rotatable bonds is 4. The van der Waals surface area contributed by atoms with Gasteiger partial charge in [-0.05, 0) is 54.0 Å². The number of hydrogen-bond donors (Lipinski definition) is 4. The van der Waals surface area contributed by atoms with E-state index >= 15 is 0 Å². The maximum absolute atomic E-state index is 13.0. The second kappa shape index (κ2) is 9.28. The van der Waals surface area contributed by atoms with Gasteiger partial charge in [0.2, 0.25) is 0 Å². The Bertz CT molecular complexity index is 2060. The summed E-state index contributed by atoms with van der Waals surface area (Å²) >= 11 is 0. The zero-order chi connectivity index (χ0) is 28.1. The van der Waals surface area contributed by atoms with E-state index in [1.54, 1.807) is 44.2 Å². The summed E-state index contributed by atoms with van der Waals surface area (Å²) in [4.78, 5) is 25.6. The average molecular weight is 534 g/mol. The van der Waals surface area contributed by atoms with Gasteiger partial charge in [-0.25, -0.2) is 0 Å². The van der Waals surface area contributed by atoms with Crippen molar-refractivity contribution in [3.05, 3.63) is 99.3 Å². The molecule has 4 N–H and O–H groups in total. The van der Waals surface area contributed by atoms with Crippen molar-refractivity contribution in [3.63, 3.8) is 0 Å². The Morgan fingerprint density at radius 3 is 1.77 bits per heavy atom. The van der Waals surface area contributed by atoms with E-state index in [-0.39, 0.29) is 67.6 Å². The van der Waals surface area contributed by atoms with Crippen molar-refractivity contribution in [3.8, 4) is 57.1 Å². The van der Waals surface area contributed by atoms with E-state index in [1.165, 1.54) is 36.4 Å². The number of phenols is 4. The zero-order valence-electron chi connectivity index (χ0n) is 20.8. The molecule has 9 nitrogen and oxygen atoms in total. The van der Waals surface area contributed by atoms with Crippen LogP contribution in [0, 0.1) is 0 Å². The molecule has 2 heterocycles. The van der Waals surface area contributed by atoms with Crippen molar-refractivity contribution in [1.82, 2.24) is 0 Å². The van der Waals surface area contributed by atoms with E-state index in [0.717, 1.165) is 6.07 Å². The van der Waals surface area contributed by atoms with E-state index in [1.807, 2.05) is 0 Å². The molecule has 0 saturated heterocycles. The fourth-order valence-electron chi connectivity index (χ4n) is 4.58. The summed E-state index contributed by atoms with van der Waals surface area (Å²) in [5.74, 6) is 0.128. The molecule has 0 radical (unpaired) electrons. The summed E-state index contributed by atoms with van der Waals surface area (Å²) in [6, 6.07) is 18.8. The van der Waals surface area contributed by atoms with Gasteiger partial charge in [0.1, 0.15) is 58.9 Å². The van der Waals surface area contributed by atoms with Crippen LogP contribution < -0.4 is 21.1 Å². The topological polar surface area (TPSA) is 151 Å². The summed E-state index contributed by atoms with van der Waals surface area (Å²) in [6.45, 7) is 0. The third-order valence-electron chi connectivity index (χ3n) is 6.50. The minimum atomic E-state index is -0.474. The van der Waals surface area contributed by atoms with Crippen molar-refractivity contribution in [2.75, 3.05) is 0 Å². The van der Waals surface area contributed by atoms with Crippen molar-refractivity contribution in [2.45, 2.75) is 0 Å². The highest BCUT2D eigenvalue weighted by molar-refractivity contribution is 6.41. The van der Waals surface area contributed by atoms with Gasteiger partial charge >= 0.3 is 0 Å². The van der Waals surface area contributed by atoms with Crippen molar-refractivity contribution < 1.29 is 34.0 Å². The third kappa shape index (κ3) is 4.27. The highest BCUT2D eigenvalue weighted by Gasteiger charge is 2.18. The predicted molar refractivity (Wildman–Crippen MR) is 151 cm³/mol. The summed E-state index contributed by atoms with van der Waals surface area (Å²) in [5, 5.41) is 40.2. The fourth-order valence-corrected chi connectivity index (χ4v) is 4.58. The van der Waals surface area contributed by atoms with Crippen LogP contribution in [0.5, 0.6) is 34.5 Å². The zero-order valence-corrected chi connectivity index (χ0v) is 20.8. The van der Waals surface area contributed by atoms with Gasteiger partial charge in [-0.15, -0.1) is 0 Å². The molecule has 0 amide bonds. The Balaban J connectivity index is 1.34. The van der Waals surface area contributed by atoms with Gasteiger partial charge in [-0.2, -0.15) is 0 Å². The minimum Gasteiger partial charge on any atom is -0.508 e. The van der Waals surface area contributed by atoms with Crippen LogP contribution in [0.2, 0.25) is 0 Å². The highest BCUT2D eigenvalue weighted by Crippen LogP contribution is 2.35. The molecule has 0 fully saturated rings. The van der Waals surface area contributed by atoms with Gasteiger partial charge in [0.25, 0.3) is 0 Å². The van der Waals surface area contributed by atoms with Crippen molar-refractivity contribution in [1.29, 1.82) is 0 Å². The molecule has 0 aliphatic rings. The van der Waals surface area contributed by atoms with Crippen molar-refractivity contribution in [2.24, 2.45) is 0 Å². The van der Waals surface area contributed by atoms with Gasteiger partial charge < -0.3 is 34.0 Å². The fraction of sp³-hybridized carbons (Fsp3) is 0. The molecule has 0 unspecified atom stereocenters. The number of phenolic OH excluding ortho intramolecular Hbond substituents is 4. The molecule has 2 aromatic heterocycles. The first kappa shape index (κ1) is 24.7. The second-order valence-corrected chi connectivity index (χ2v) is 9.18. The Labute approximate surface area is 225 Å². The highest BCUT2D eigenvalue weighted by atomic mass is 16.5. The first-order valence-corrected chi connectivity index (χ1v) is 12.1. The third-order valence-corrected chi connectivity index (χ3v) is 6.50. The largest absolute Gasteiger partial charge is 0.508 e. The molecule has 6 aromatic rings. The number of fused-ring (bicyclic) bond motifs is 2. The molecular weight excluding hydrogens is 515 g/mol. The Kier molecular flexibility index (Phi) is 5.73. The first-order chi connectivity index (χ1) is 19.2. The minimum absolute atomic E-state index is 0.0319. The molecule has 0 aliphatic carbocycles. The maximum Gasteiger partial charge on any atom is 0.197 e. The van der Waals surface area contributed by atoms with Crippen LogP contribution >= 0.6 is 0 Å². The number of ether oxygens (including phenoxy) is 1. The first-order valence-electron chi connectivity index (χ1n) is 12.1. The van der Waals surface area contributed by atoms with Crippen LogP contribution in [-0.2, 0) is 0 Å². The van der Waals surface area contributed by atoms with E-state index < -0.39 is 5.43 Å². The lowest BCUT2D eigenvalue weighted by atomic mass is 9.90. The maximum atomic E-state index is 13.0. The van der Waals surface area contributed by atoms with Gasteiger partial charge in [-0.3, -0.25) is 9.59 Å². The Morgan fingerprint density at radius 1 is 0.600 bits per heavy atom. The SMILES string of the molecule is Bc1c(Oc2ccc(-c3cc(=O)c4c(O)cc(O)cc4o3)cc2)c(O)cc2oc(-c3ccc(O)cc3)cc(=O)c12. The lowest BCUT2D eigenvalue weighted by Crippen LogP contribution is -2.16. The lowest BCUT2D eigenvalue weighted by Gasteiger charge is -2.14. The van der Waals surface area contributed by atoms with E-state index in [0.29, 0.717) is 22.3 Å². The standard InChI is InChI=1S/C30H19BO9/c31-29-28-21(36)12-24(14-1-5-16(32)6-2-14)40-26(28)13-22(37)30(29)38-18-7-3-15(4-8-18)23-11-20(35)27-19(34)9-17(33)10-25(27)39-23/h1-13,32-34,37H,31H2. The molecule has 0 saturated carbocycles. The second-order valence-electron chi connectivity index (χ2n) is 9.18. The van der Waals surface area contributed by atoms with E-state index in [2.05, 4.69) is 0 Å². The normalized spacial score (nSPS) is 11.2. The molecular formula is C30H19BO9. The lowest BCUT2D eigenvalue weighted by molar-refractivity contribution is 0.414. The molecule has 4 aromatic carbocycles. The quantitative estimate of drug-likeness (QED) is 0.245. The summed E-state index contributed by atoms with van der Waals surface area (Å²) in [7, 11) is 1.64. The van der Waals surface area contributed by atoms with Crippen LogP contribution in [0.1, 0.15) is 0 Å². The van der Waals surface area contributed by atoms with E-state index in [9.17, 15) is 30.0 Å². The molecule has 10 heteroatoms. The predicted octanol–water partition coefficient (Wildman–Crippen LogP) is 4.11. The summed E-state index contributed by atoms with van der Waals surface area (Å²) in [6.07, 6.45) is 0. The van der Waals surface area contributed by atoms with Gasteiger partial charge in [-0.1, -0.05) is 0 Å². The molecule has 40 heavy (non-hydrogen) atoms. The van der Waals surface area contributed by atoms with Crippen LogP contribution in [0.25, 0.3) is 44.6 Å². The number of hydrogen-bond acceptors (Lipinski definition) is 9. The molecule has 6 rings (SSSR count). The number of aromatic hydroxyl groups is 4. The van der Waals surface area contributed by atoms with Crippen LogP contribution in [0.15, 0.2) is 97.3 Å².